The molecule has 1 atom stereocenters. The van der Waals surface area contributed by atoms with E-state index in [-0.39, 0.29) is 5.82 Å². The molecule has 2 aromatic carbocycles. The van der Waals surface area contributed by atoms with E-state index in [2.05, 4.69) is 21.0 Å². The van der Waals surface area contributed by atoms with Crippen LogP contribution in [0.1, 0.15) is 16.5 Å². The zero-order chi connectivity index (χ0) is 14.8. The summed E-state index contributed by atoms with van der Waals surface area (Å²) >= 11 is 9.57. The zero-order valence-corrected chi connectivity index (χ0v) is 13.2. The largest absolute Gasteiger partial charge is 0.241 e. The van der Waals surface area contributed by atoms with E-state index >= 15 is 0 Å². The molecule has 0 saturated carbocycles. The fourth-order valence-electron chi connectivity index (χ4n) is 2.09. The summed E-state index contributed by atoms with van der Waals surface area (Å²) < 4.78 is 16.2. The van der Waals surface area contributed by atoms with Crippen molar-refractivity contribution in [2.45, 2.75) is 5.38 Å². The SMILES string of the molecule is Fc1c(Br)cccc1C(Cl)c1cnn(-c2ccccc2)c1. The predicted octanol–water partition coefficient (Wildman–Crippen LogP) is 5.10. The first-order chi connectivity index (χ1) is 10.2. The maximum atomic E-state index is 14.1. The summed E-state index contributed by atoms with van der Waals surface area (Å²) in [6.45, 7) is 0. The normalized spacial score (nSPS) is 12.3. The highest BCUT2D eigenvalue weighted by molar-refractivity contribution is 9.10. The van der Waals surface area contributed by atoms with Crippen LogP contribution in [0.4, 0.5) is 4.39 Å². The third-order valence-electron chi connectivity index (χ3n) is 3.17. The number of hydrogen-bond donors (Lipinski definition) is 0. The van der Waals surface area contributed by atoms with E-state index in [1.807, 2.05) is 36.5 Å². The lowest BCUT2D eigenvalue weighted by Gasteiger charge is -2.09. The second kappa shape index (κ2) is 6.00. The Morgan fingerprint density at radius 3 is 2.62 bits per heavy atom. The van der Waals surface area contributed by atoms with E-state index in [0.717, 1.165) is 11.3 Å². The highest BCUT2D eigenvalue weighted by Crippen LogP contribution is 2.33. The minimum atomic E-state index is -0.583. The van der Waals surface area contributed by atoms with Gasteiger partial charge in [-0.05, 0) is 34.1 Å². The molecular weight excluding hydrogens is 355 g/mol. The molecule has 1 unspecified atom stereocenters. The van der Waals surface area contributed by atoms with Crippen molar-refractivity contribution >= 4 is 27.5 Å². The highest BCUT2D eigenvalue weighted by Gasteiger charge is 2.18. The lowest BCUT2D eigenvalue weighted by atomic mass is 10.1. The molecule has 3 aromatic rings. The van der Waals surface area contributed by atoms with Crippen molar-refractivity contribution in [2.24, 2.45) is 0 Å². The summed E-state index contributed by atoms with van der Waals surface area (Å²) in [5.74, 6) is -0.343. The van der Waals surface area contributed by atoms with E-state index in [4.69, 9.17) is 11.6 Å². The Morgan fingerprint density at radius 2 is 1.86 bits per heavy atom. The molecule has 21 heavy (non-hydrogen) atoms. The molecule has 1 heterocycles. The van der Waals surface area contributed by atoms with Gasteiger partial charge in [-0.3, -0.25) is 0 Å². The second-order valence-corrected chi connectivity index (χ2v) is 5.85. The summed E-state index contributed by atoms with van der Waals surface area (Å²) in [6.07, 6.45) is 3.47. The molecule has 0 spiro atoms. The smallest absolute Gasteiger partial charge is 0.142 e. The molecule has 0 radical (unpaired) electrons. The standard InChI is InChI=1S/C16H11BrClFN2/c17-14-8-4-7-13(16(14)19)15(18)11-9-20-21(10-11)12-5-2-1-3-6-12/h1-10,15H. The molecular formula is C16H11BrClFN2. The maximum Gasteiger partial charge on any atom is 0.142 e. The van der Waals surface area contributed by atoms with Crippen molar-refractivity contribution in [2.75, 3.05) is 0 Å². The minimum absolute atomic E-state index is 0.343. The van der Waals surface area contributed by atoms with E-state index in [1.165, 1.54) is 0 Å². The summed E-state index contributed by atoms with van der Waals surface area (Å²) in [7, 11) is 0. The highest BCUT2D eigenvalue weighted by atomic mass is 79.9. The molecule has 106 valence electrons. The lowest BCUT2D eigenvalue weighted by Crippen LogP contribution is -1.97. The van der Waals surface area contributed by atoms with Crippen LogP contribution in [0.5, 0.6) is 0 Å². The van der Waals surface area contributed by atoms with Crippen LogP contribution in [-0.4, -0.2) is 9.78 Å². The zero-order valence-electron chi connectivity index (χ0n) is 10.9. The van der Waals surface area contributed by atoms with Gasteiger partial charge in [0.1, 0.15) is 5.82 Å². The predicted molar refractivity (Wildman–Crippen MR) is 85.4 cm³/mol. The van der Waals surface area contributed by atoms with Crippen molar-refractivity contribution in [1.82, 2.24) is 9.78 Å². The van der Waals surface area contributed by atoms with Gasteiger partial charge in [0.2, 0.25) is 0 Å². The monoisotopic (exact) mass is 364 g/mol. The van der Waals surface area contributed by atoms with Crippen LogP contribution in [-0.2, 0) is 0 Å². The number of aromatic nitrogens is 2. The molecule has 0 N–H and O–H groups in total. The minimum Gasteiger partial charge on any atom is -0.241 e. The van der Waals surface area contributed by atoms with Crippen LogP contribution in [0.2, 0.25) is 0 Å². The van der Waals surface area contributed by atoms with Crippen molar-refractivity contribution in [3.8, 4) is 5.69 Å². The van der Waals surface area contributed by atoms with Crippen LogP contribution in [0.25, 0.3) is 5.69 Å². The first-order valence-electron chi connectivity index (χ1n) is 6.35. The molecule has 1 aromatic heterocycles. The number of alkyl halides is 1. The third kappa shape index (κ3) is 2.87. The van der Waals surface area contributed by atoms with Crippen LogP contribution >= 0.6 is 27.5 Å². The average Bonchev–Trinajstić information content (AvgIpc) is 3.00. The Morgan fingerprint density at radius 1 is 1.10 bits per heavy atom. The fraction of sp³-hybridized carbons (Fsp3) is 0.0625. The Kier molecular flexibility index (Phi) is 4.08. The molecule has 0 aliphatic rings. The van der Waals surface area contributed by atoms with Crippen molar-refractivity contribution < 1.29 is 4.39 Å². The summed E-state index contributed by atoms with van der Waals surface area (Å²) in [5.41, 5.74) is 2.11. The van der Waals surface area contributed by atoms with E-state index < -0.39 is 5.38 Å². The maximum absolute atomic E-state index is 14.1. The van der Waals surface area contributed by atoms with Crippen LogP contribution in [0, 0.1) is 5.82 Å². The van der Waals surface area contributed by atoms with Gasteiger partial charge in [0.15, 0.2) is 0 Å². The Labute approximate surface area is 135 Å². The Hall–Kier alpha value is -1.65. The van der Waals surface area contributed by atoms with E-state index in [9.17, 15) is 4.39 Å². The van der Waals surface area contributed by atoms with Crippen molar-refractivity contribution in [1.29, 1.82) is 0 Å². The first kappa shape index (κ1) is 14.3. The molecule has 3 rings (SSSR count). The van der Waals surface area contributed by atoms with Crippen LogP contribution in [0.3, 0.4) is 0 Å². The number of para-hydroxylation sites is 1. The fourth-order valence-corrected chi connectivity index (χ4v) is 2.75. The Bertz CT molecular complexity index is 758. The Balaban J connectivity index is 1.95. The molecule has 2 nitrogen and oxygen atoms in total. The van der Waals surface area contributed by atoms with Crippen LogP contribution < -0.4 is 0 Å². The topological polar surface area (TPSA) is 17.8 Å². The summed E-state index contributed by atoms with van der Waals surface area (Å²) in [6, 6.07) is 14.8. The third-order valence-corrected chi connectivity index (χ3v) is 4.27. The van der Waals surface area contributed by atoms with Gasteiger partial charge in [0, 0.05) is 17.3 Å². The molecule has 0 fully saturated rings. The number of nitrogens with zero attached hydrogens (tertiary/aromatic N) is 2. The van der Waals surface area contributed by atoms with Gasteiger partial charge in [-0.25, -0.2) is 9.07 Å². The number of rotatable bonds is 3. The van der Waals surface area contributed by atoms with Gasteiger partial charge in [0.25, 0.3) is 0 Å². The van der Waals surface area contributed by atoms with Crippen molar-refractivity contribution in [3.63, 3.8) is 0 Å². The second-order valence-electron chi connectivity index (χ2n) is 4.56. The van der Waals surface area contributed by atoms with Crippen LogP contribution in [0.15, 0.2) is 65.4 Å². The van der Waals surface area contributed by atoms with Gasteiger partial charge >= 0.3 is 0 Å². The molecule has 0 bridgehead atoms. The molecule has 0 aliphatic heterocycles. The molecule has 5 heteroatoms. The van der Waals surface area contributed by atoms with Gasteiger partial charge in [0.05, 0.1) is 21.7 Å². The lowest BCUT2D eigenvalue weighted by molar-refractivity contribution is 0.605. The molecule has 0 saturated heterocycles. The first-order valence-corrected chi connectivity index (χ1v) is 7.58. The van der Waals surface area contributed by atoms with Gasteiger partial charge < -0.3 is 0 Å². The summed E-state index contributed by atoms with van der Waals surface area (Å²) in [4.78, 5) is 0. The number of hydrogen-bond acceptors (Lipinski definition) is 1. The number of halogens is 3. The van der Waals surface area contributed by atoms with E-state index in [0.29, 0.717) is 10.0 Å². The number of benzene rings is 2. The molecule has 0 amide bonds. The van der Waals surface area contributed by atoms with Crippen molar-refractivity contribution in [3.05, 3.63) is 82.3 Å². The molecule has 0 aliphatic carbocycles. The van der Waals surface area contributed by atoms with Gasteiger partial charge in [-0.1, -0.05) is 30.3 Å². The van der Waals surface area contributed by atoms with Gasteiger partial charge in [-0.2, -0.15) is 5.10 Å². The van der Waals surface area contributed by atoms with E-state index in [1.54, 1.807) is 29.1 Å². The average molecular weight is 366 g/mol. The summed E-state index contributed by atoms with van der Waals surface area (Å²) in [5, 5.41) is 3.70. The quantitative estimate of drug-likeness (QED) is 0.590. The van der Waals surface area contributed by atoms with Gasteiger partial charge in [-0.15, -0.1) is 11.6 Å².